The van der Waals surface area contributed by atoms with Gasteiger partial charge in [-0.1, -0.05) is 11.6 Å². The summed E-state index contributed by atoms with van der Waals surface area (Å²) in [6, 6.07) is 4.66. The number of hydrogen-bond donors (Lipinski definition) is 2. The summed E-state index contributed by atoms with van der Waals surface area (Å²) in [5, 5.41) is 2.87. The number of aromatic nitrogens is 2. The van der Waals surface area contributed by atoms with Crippen molar-refractivity contribution in [2.75, 3.05) is 11.1 Å². The predicted molar refractivity (Wildman–Crippen MR) is 80.4 cm³/mol. The van der Waals surface area contributed by atoms with Crippen molar-refractivity contribution >= 4 is 28.9 Å². The van der Waals surface area contributed by atoms with Crippen molar-refractivity contribution in [2.24, 2.45) is 7.05 Å². The quantitative estimate of drug-likeness (QED) is 0.634. The van der Waals surface area contributed by atoms with Crippen LogP contribution in [0.25, 0.3) is 0 Å². The fraction of sp³-hybridized carbons (Fsp3) is 0.154. The van der Waals surface area contributed by atoms with Crippen LogP contribution >= 0.6 is 11.6 Å². The molecule has 0 aliphatic carbocycles. The molecule has 0 radical (unpaired) electrons. The number of rotatable bonds is 3. The largest absolute Gasteiger partial charge is 0.399 e. The molecule has 1 aromatic carbocycles. The molecule has 0 saturated heterocycles. The zero-order valence-corrected chi connectivity index (χ0v) is 11.9. The van der Waals surface area contributed by atoms with Crippen molar-refractivity contribution in [3.8, 4) is 0 Å². The lowest BCUT2D eigenvalue weighted by Gasteiger charge is -2.09. The number of amides is 1. The average Bonchev–Trinajstić information content (AvgIpc) is 2.43. The van der Waals surface area contributed by atoms with E-state index in [-0.39, 0.29) is 6.54 Å². The maximum atomic E-state index is 11.9. The van der Waals surface area contributed by atoms with Crippen LogP contribution in [0.1, 0.15) is 0 Å². The lowest BCUT2D eigenvalue weighted by atomic mass is 10.3. The van der Waals surface area contributed by atoms with Gasteiger partial charge in [0.1, 0.15) is 6.54 Å². The molecule has 3 N–H and O–H groups in total. The molecule has 21 heavy (non-hydrogen) atoms. The number of hydrogen-bond acceptors (Lipinski definition) is 4. The Balaban J connectivity index is 2.20. The second kappa shape index (κ2) is 5.84. The van der Waals surface area contributed by atoms with Crippen LogP contribution in [0.5, 0.6) is 0 Å². The topological polar surface area (TPSA) is 99.1 Å². The fourth-order valence-corrected chi connectivity index (χ4v) is 1.86. The van der Waals surface area contributed by atoms with E-state index in [4.69, 9.17) is 17.3 Å². The average molecular weight is 309 g/mol. The van der Waals surface area contributed by atoms with Gasteiger partial charge in [0.25, 0.3) is 0 Å². The summed E-state index contributed by atoms with van der Waals surface area (Å²) in [5.74, 6) is -0.488. The minimum absolute atomic E-state index is 0.292. The smallest absolute Gasteiger partial charge is 0.316 e. The van der Waals surface area contributed by atoms with Crippen LogP contribution in [-0.4, -0.2) is 15.0 Å². The molecule has 1 amide bonds. The molecule has 7 nitrogen and oxygen atoms in total. The minimum atomic E-state index is -0.770. The predicted octanol–water partition coefficient (Wildman–Crippen LogP) is 0.421. The van der Waals surface area contributed by atoms with Gasteiger partial charge in [-0.05, 0) is 18.2 Å². The highest BCUT2D eigenvalue weighted by Gasteiger charge is 2.09. The van der Waals surface area contributed by atoms with Crippen LogP contribution in [0, 0.1) is 0 Å². The number of nitrogens with zero attached hydrogens (tertiary/aromatic N) is 2. The van der Waals surface area contributed by atoms with Gasteiger partial charge >= 0.3 is 11.1 Å². The normalized spacial score (nSPS) is 10.4. The summed E-state index contributed by atoms with van der Waals surface area (Å²) in [6.07, 6.45) is 2.77. The summed E-state index contributed by atoms with van der Waals surface area (Å²) in [4.78, 5) is 35.1. The van der Waals surface area contributed by atoms with Gasteiger partial charge in [-0.2, -0.15) is 0 Å². The Morgan fingerprint density at radius 1 is 1.29 bits per heavy atom. The Bertz CT molecular complexity index is 810. The van der Waals surface area contributed by atoms with Crippen molar-refractivity contribution in [1.82, 2.24) is 9.13 Å². The van der Waals surface area contributed by atoms with E-state index in [2.05, 4.69) is 5.32 Å². The van der Waals surface area contributed by atoms with Crippen molar-refractivity contribution in [3.63, 3.8) is 0 Å². The fourth-order valence-electron chi connectivity index (χ4n) is 1.70. The van der Waals surface area contributed by atoms with Gasteiger partial charge in [-0.3, -0.25) is 19.0 Å². The molecule has 0 aliphatic heterocycles. The zero-order chi connectivity index (χ0) is 15.6. The molecule has 0 saturated carbocycles. The molecule has 0 spiro atoms. The maximum absolute atomic E-state index is 11.9. The minimum Gasteiger partial charge on any atom is -0.399 e. The Labute approximate surface area is 124 Å². The van der Waals surface area contributed by atoms with Crippen LogP contribution in [0.4, 0.5) is 11.4 Å². The molecular formula is C13H13ClN4O3. The van der Waals surface area contributed by atoms with E-state index < -0.39 is 17.0 Å². The summed E-state index contributed by atoms with van der Waals surface area (Å²) in [7, 11) is 1.46. The molecule has 1 aromatic heterocycles. The summed E-state index contributed by atoms with van der Waals surface area (Å²) in [5.41, 5.74) is 4.93. The number of nitrogens with one attached hydrogen (secondary N) is 1. The summed E-state index contributed by atoms with van der Waals surface area (Å²) in [6.45, 7) is -0.292. The van der Waals surface area contributed by atoms with Crippen LogP contribution in [0.3, 0.4) is 0 Å². The molecule has 0 atom stereocenters. The highest BCUT2D eigenvalue weighted by atomic mass is 35.5. The van der Waals surface area contributed by atoms with Crippen molar-refractivity contribution in [3.05, 3.63) is 56.3 Å². The van der Waals surface area contributed by atoms with Gasteiger partial charge < -0.3 is 15.6 Å². The first kappa shape index (κ1) is 14.9. The van der Waals surface area contributed by atoms with Crippen molar-refractivity contribution < 1.29 is 4.79 Å². The number of carbonyl (C=O) groups excluding carboxylic acids is 1. The monoisotopic (exact) mass is 308 g/mol. The molecule has 110 valence electrons. The van der Waals surface area contributed by atoms with Crippen LogP contribution in [0.2, 0.25) is 5.02 Å². The van der Waals surface area contributed by atoms with Crippen LogP contribution < -0.4 is 22.2 Å². The van der Waals surface area contributed by atoms with Crippen molar-refractivity contribution in [2.45, 2.75) is 6.54 Å². The Morgan fingerprint density at radius 3 is 2.71 bits per heavy atom. The first-order chi connectivity index (χ1) is 9.88. The number of anilines is 2. The summed E-state index contributed by atoms with van der Waals surface area (Å²) < 4.78 is 2.17. The number of benzene rings is 1. The molecule has 0 bridgehead atoms. The molecular weight excluding hydrogens is 296 g/mol. The van der Waals surface area contributed by atoms with Crippen LogP contribution in [-0.2, 0) is 18.4 Å². The molecule has 2 aromatic rings. The van der Waals surface area contributed by atoms with Gasteiger partial charge in [0, 0.05) is 25.1 Å². The zero-order valence-electron chi connectivity index (χ0n) is 11.2. The number of nitrogens with two attached hydrogens (primary N) is 1. The molecule has 1 heterocycles. The number of aryl methyl sites for hydroxylation is 1. The second-order valence-corrected chi connectivity index (χ2v) is 4.84. The Hall–Kier alpha value is -2.54. The SMILES string of the molecule is Cn1ccn(CC(=O)Nc2cc(N)ccc2Cl)c(=O)c1=O. The standard InChI is InChI=1S/C13H13ClN4O3/c1-17-4-5-18(13(21)12(17)20)7-11(19)16-10-6-8(15)2-3-9(10)14/h2-6H,7,15H2,1H3,(H,16,19). The summed E-state index contributed by atoms with van der Waals surface area (Å²) >= 11 is 5.93. The van der Waals surface area contributed by atoms with E-state index in [1.54, 1.807) is 12.1 Å². The third kappa shape index (κ3) is 3.32. The molecule has 0 unspecified atom stereocenters. The molecule has 8 heteroatoms. The van der Waals surface area contributed by atoms with E-state index >= 15 is 0 Å². The van der Waals surface area contributed by atoms with E-state index in [1.165, 1.54) is 25.5 Å². The van der Waals surface area contributed by atoms with E-state index in [1.807, 2.05) is 0 Å². The lowest BCUT2D eigenvalue weighted by Crippen LogP contribution is -2.41. The number of nitrogen functional groups attached to an aromatic ring is 1. The van der Waals surface area contributed by atoms with E-state index in [0.29, 0.717) is 16.4 Å². The number of carbonyl (C=O) groups is 1. The van der Waals surface area contributed by atoms with E-state index in [9.17, 15) is 14.4 Å². The highest BCUT2D eigenvalue weighted by Crippen LogP contribution is 2.23. The van der Waals surface area contributed by atoms with E-state index in [0.717, 1.165) is 9.13 Å². The van der Waals surface area contributed by atoms with Gasteiger partial charge in [0.2, 0.25) is 5.91 Å². The van der Waals surface area contributed by atoms with Crippen molar-refractivity contribution in [1.29, 1.82) is 0 Å². The van der Waals surface area contributed by atoms with Gasteiger partial charge in [-0.25, -0.2) is 0 Å². The molecule has 2 rings (SSSR count). The third-order valence-electron chi connectivity index (χ3n) is 2.81. The molecule has 0 aliphatic rings. The highest BCUT2D eigenvalue weighted by molar-refractivity contribution is 6.33. The number of halogens is 1. The third-order valence-corrected chi connectivity index (χ3v) is 3.14. The molecule has 0 fully saturated rings. The first-order valence-corrected chi connectivity index (χ1v) is 6.37. The first-order valence-electron chi connectivity index (χ1n) is 5.99. The maximum Gasteiger partial charge on any atom is 0.316 e. The lowest BCUT2D eigenvalue weighted by molar-refractivity contribution is -0.116. The van der Waals surface area contributed by atoms with Gasteiger partial charge in [0.15, 0.2) is 0 Å². The second-order valence-electron chi connectivity index (χ2n) is 4.43. The Kier molecular flexibility index (Phi) is 4.13. The van der Waals surface area contributed by atoms with Gasteiger partial charge in [-0.15, -0.1) is 0 Å². The van der Waals surface area contributed by atoms with Gasteiger partial charge in [0.05, 0.1) is 10.7 Å². The Morgan fingerprint density at radius 2 is 2.00 bits per heavy atom. The van der Waals surface area contributed by atoms with Crippen LogP contribution in [0.15, 0.2) is 40.2 Å².